The van der Waals surface area contributed by atoms with Gasteiger partial charge in [0, 0.05) is 7.05 Å². The zero-order valence-electron chi connectivity index (χ0n) is 14.8. The number of amides is 2. The van der Waals surface area contributed by atoms with Gasteiger partial charge in [-0.05, 0) is 23.6 Å². The highest BCUT2D eigenvalue weighted by molar-refractivity contribution is 7.15. The van der Waals surface area contributed by atoms with Crippen molar-refractivity contribution in [1.82, 2.24) is 15.1 Å². The SMILES string of the molecule is CC(C)c1ccc(OC(CCl)c2nnc(N3C(=O)N(C)CC3O)s2)cc1. The van der Waals surface area contributed by atoms with E-state index in [-0.39, 0.29) is 18.5 Å². The summed E-state index contributed by atoms with van der Waals surface area (Å²) in [6.07, 6.45) is -1.42. The number of hydrogen-bond donors (Lipinski definition) is 1. The van der Waals surface area contributed by atoms with Gasteiger partial charge in [0.05, 0.1) is 12.4 Å². The van der Waals surface area contributed by atoms with Crippen molar-refractivity contribution in [1.29, 1.82) is 0 Å². The van der Waals surface area contributed by atoms with Crippen molar-refractivity contribution >= 4 is 34.1 Å². The molecule has 2 unspecified atom stereocenters. The fourth-order valence-corrected chi connectivity index (χ4v) is 3.83. The van der Waals surface area contributed by atoms with Crippen LogP contribution < -0.4 is 9.64 Å². The lowest BCUT2D eigenvalue weighted by Gasteiger charge is -2.16. The molecule has 140 valence electrons. The first-order chi connectivity index (χ1) is 12.4. The number of β-amino-alcohol motifs (C(OH)–C–C–N with tert-alkyl or cyclic N) is 1. The Kier molecular flexibility index (Phi) is 5.64. The van der Waals surface area contributed by atoms with Crippen molar-refractivity contribution in [2.75, 3.05) is 24.4 Å². The normalized spacial score (nSPS) is 18.7. The molecule has 0 aliphatic carbocycles. The van der Waals surface area contributed by atoms with Crippen LogP contribution in [0.2, 0.25) is 0 Å². The zero-order valence-corrected chi connectivity index (χ0v) is 16.4. The summed E-state index contributed by atoms with van der Waals surface area (Å²) in [5.41, 5.74) is 1.23. The van der Waals surface area contributed by atoms with E-state index < -0.39 is 12.3 Å². The summed E-state index contributed by atoms with van der Waals surface area (Å²) in [6, 6.07) is 7.53. The average Bonchev–Trinajstić information content (AvgIpc) is 3.18. The molecule has 2 atom stereocenters. The Hall–Kier alpha value is -1.90. The first-order valence-corrected chi connectivity index (χ1v) is 9.64. The predicted molar refractivity (Wildman–Crippen MR) is 101 cm³/mol. The molecule has 1 N–H and O–H groups in total. The van der Waals surface area contributed by atoms with Crippen molar-refractivity contribution in [2.24, 2.45) is 0 Å². The Labute approximate surface area is 161 Å². The molecular formula is C17H21ClN4O3S. The fourth-order valence-electron chi connectivity index (χ4n) is 2.62. The van der Waals surface area contributed by atoms with Gasteiger partial charge in [0.15, 0.2) is 17.3 Å². The van der Waals surface area contributed by atoms with Gasteiger partial charge in [0.25, 0.3) is 0 Å². The minimum Gasteiger partial charge on any atom is -0.482 e. The summed E-state index contributed by atoms with van der Waals surface area (Å²) in [6.45, 7) is 4.49. The van der Waals surface area contributed by atoms with Crippen LogP contribution in [0.25, 0.3) is 0 Å². The molecular weight excluding hydrogens is 376 g/mol. The number of likely N-dealkylation sites (N-methyl/N-ethyl adjacent to an activating group) is 1. The van der Waals surface area contributed by atoms with Crippen molar-refractivity contribution in [3.8, 4) is 5.75 Å². The van der Waals surface area contributed by atoms with E-state index >= 15 is 0 Å². The summed E-state index contributed by atoms with van der Waals surface area (Å²) in [5.74, 6) is 1.33. The summed E-state index contributed by atoms with van der Waals surface area (Å²) < 4.78 is 5.93. The average molecular weight is 397 g/mol. The molecule has 1 aliphatic rings. The van der Waals surface area contributed by atoms with Gasteiger partial charge in [-0.2, -0.15) is 0 Å². The van der Waals surface area contributed by atoms with E-state index in [2.05, 4.69) is 24.0 Å². The van der Waals surface area contributed by atoms with Gasteiger partial charge in [-0.25, -0.2) is 9.69 Å². The zero-order chi connectivity index (χ0) is 18.8. The van der Waals surface area contributed by atoms with E-state index in [1.807, 2.05) is 24.3 Å². The topological polar surface area (TPSA) is 78.8 Å². The molecule has 26 heavy (non-hydrogen) atoms. The second kappa shape index (κ2) is 7.77. The number of aliphatic hydroxyl groups excluding tert-OH is 1. The molecule has 1 aromatic carbocycles. The van der Waals surface area contributed by atoms with Crippen LogP contribution in [-0.4, -0.2) is 51.9 Å². The second-order valence-electron chi connectivity index (χ2n) is 6.42. The number of benzene rings is 1. The second-order valence-corrected chi connectivity index (χ2v) is 7.72. The van der Waals surface area contributed by atoms with E-state index in [1.54, 1.807) is 7.05 Å². The number of nitrogens with zero attached hydrogens (tertiary/aromatic N) is 4. The monoisotopic (exact) mass is 396 g/mol. The van der Waals surface area contributed by atoms with Gasteiger partial charge < -0.3 is 14.7 Å². The summed E-state index contributed by atoms with van der Waals surface area (Å²) in [4.78, 5) is 14.8. The minimum absolute atomic E-state index is 0.191. The van der Waals surface area contributed by atoms with Gasteiger partial charge >= 0.3 is 6.03 Å². The molecule has 7 nitrogen and oxygen atoms in total. The number of hydrogen-bond acceptors (Lipinski definition) is 6. The molecule has 1 aliphatic heterocycles. The predicted octanol–water partition coefficient (Wildman–Crippen LogP) is 3.21. The highest BCUT2D eigenvalue weighted by atomic mass is 35.5. The Morgan fingerprint density at radius 1 is 1.35 bits per heavy atom. The third kappa shape index (κ3) is 3.77. The van der Waals surface area contributed by atoms with Gasteiger partial charge in [0.2, 0.25) is 5.13 Å². The summed E-state index contributed by atoms with van der Waals surface area (Å²) in [5, 5.41) is 19.1. The number of urea groups is 1. The maximum atomic E-state index is 12.1. The van der Waals surface area contributed by atoms with Crippen LogP contribution in [-0.2, 0) is 0 Å². The van der Waals surface area contributed by atoms with Crippen molar-refractivity contribution in [3.05, 3.63) is 34.8 Å². The Morgan fingerprint density at radius 2 is 2.04 bits per heavy atom. The van der Waals surface area contributed by atoms with Crippen LogP contribution in [0, 0.1) is 0 Å². The van der Waals surface area contributed by atoms with E-state index in [1.165, 1.54) is 26.7 Å². The minimum atomic E-state index is -0.938. The lowest BCUT2D eigenvalue weighted by atomic mass is 10.0. The van der Waals surface area contributed by atoms with Crippen LogP contribution >= 0.6 is 22.9 Å². The number of ether oxygens (including phenoxy) is 1. The van der Waals surface area contributed by atoms with Crippen LogP contribution in [0.5, 0.6) is 5.75 Å². The smallest absolute Gasteiger partial charge is 0.328 e. The molecule has 1 saturated heterocycles. The first kappa shape index (κ1) is 18.9. The highest BCUT2D eigenvalue weighted by Crippen LogP contribution is 2.32. The van der Waals surface area contributed by atoms with Crippen LogP contribution in [0.1, 0.15) is 36.4 Å². The number of aliphatic hydroxyl groups is 1. The summed E-state index contributed by atoms with van der Waals surface area (Å²) in [7, 11) is 1.62. The molecule has 0 radical (unpaired) electrons. The first-order valence-electron chi connectivity index (χ1n) is 8.29. The molecule has 1 aromatic heterocycles. The Bertz CT molecular complexity index is 768. The molecule has 9 heteroatoms. The number of rotatable bonds is 6. The largest absolute Gasteiger partial charge is 0.482 e. The van der Waals surface area contributed by atoms with Gasteiger partial charge in [-0.15, -0.1) is 21.8 Å². The van der Waals surface area contributed by atoms with E-state index in [4.69, 9.17) is 16.3 Å². The Balaban J connectivity index is 1.75. The maximum absolute atomic E-state index is 12.1. The van der Waals surface area contributed by atoms with Crippen LogP contribution in [0.15, 0.2) is 24.3 Å². The van der Waals surface area contributed by atoms with E-state index in [0.29, 0.717) is 21.8 Å². The van der Waals surface area contributed by atoms with Crippen molar-refractivity contribution in [2.45, 2.75) is 32.1 Å². The number of alkyl halides is 1. The molecule has 3 rings (SSSR count). The maximum Gasteiger partial charge on any atom is 0.328 e. The molecule has 0 bridgehead atoms. The number of carbonyl (C=O) groups is 1. The number of anilines is 1. The molecule has 2 aromatic rings. The van der Waals surface area contributed by atoms with Crippen molar-refractivity contribution in [3.63, 3.8) is 0 Å². The number of carbonyl (C=O) groups excluding carboxylic acids is 1. The Morgan fingerprint density at radius 3 is 2.58 bits per heavy atom. The van der Waals surface area contributed by atoms with Crippen LogP contribution in [0.3, 0.4) is 0 Å². The fraction of sp³-hybridized carbons (Fsp3) is 0.471. The standard InChI is InChI=1S/C17H21ClN4O3S/c1-10(2)11-4-6-12(7-5-11)25-13(8-18)15-19-20-16(26-15)22-14(23)9-21(3)17(22)24/h4-7,10,13-14,23H,8-9H2,1-3H3. The van der Waals surface area contributed by atoms with E-state index in [9.17, 15) is 9.90 Å². The molecule has 2 amide bonds. The van der Waals surface area contributed by atoms with Crippen molar-refractivity contribution < 1.29 is 14.6 Å². The summed E-state index contributed by atoms with van der Waals surface area (Å²) >= 11 is 7.25. The third-order valence-electron chi connectivity index (χ3n) is 4.14. The highest BCUT2D eigenvalue weighted by Gasteiger charge is 2.37. The third-order valence-corrected chi connectivity index (χ3v) is 5.44. The molecule has 0 saturated carbocycles. The van der Waals surface area contributed by atoms with Gasteiger partial charge in [0.1, 0.15) is 5.75 Å². The molecule has 0 spiro atoms. The number of aromatic nitrogens is 2. The number of halogens is 1. The quantitative estimate of drug-likeness (QED) is 0.758. The van der Waals surface area contributed by atoms with E-state index in [0.717, 1.165) is 0 Å². The molecule has 2 heterocycles. The molecule has 1 fully saturated rings. The van der Waals surface area contributed by atoms with Gasteiger partial charge in [-0.3, -0.25) is 0 Å². The lowest BCUT2D eigenvalue weighted by molar-refractivity contribution is 0.183. The van der Waals surface area contributed by atoms with Gasteiger partial charge in [-0.1, -0.05) is 37.3 Å². The van der Waals surface area contributed by atoms with Crippen LogP contribution in [0.4, 0.5) is 9.93 Å². The lowest BCUT2D eigenvalue weighted by Crippen LogP contribution is -2.34.